The van der Waals surface area contributed by atoms with Crippen molar-refractivity contribution in [2.75, 3.05) is 45.2 Å². The minimum absolute atomic E-state index is 0.159. The Balaban J connectivity index is 1.14. The summed E-state index contributed by atoms with van der Waals surface area (Å²) >= 11 is 1.47. The van der Waals surface area contributed by atoms with Crippen molar-refractivity contribution in [3.8, 4) is 5.75 Å². The predicted octanol–water partition coefficient (Wildman–Crippen LogP) is 4.29. The summed E-state index contributed by atoms with van der Waals surface area (Å²) < 4.78 is 5.15. The third kappa shape index (κ3) is 5.50. The summed E-state index contributed by atoms with van der Waals surface area (Å²) in [7, 11) is 1.59. The molecule has 1 fully saturated rings. The van der Waals surface area contributed by atoms with Crippen LogP contribution in [0.25, 0.3) is 6.08 Å². The van der Waals surface area contributed by atoms with Gasteiger partial charge in [0.15, 0.2) is 5.13 Å². The molecule has 2 heterocycles. The van der Waals surface area contributed by atoms with E-state index in [1.807, 2.05) is 23.1 Å². The summed E-state index contributed by atoms with van der Waals surface area (Å²) in [4.78, 5) is 36.1. The molecule has 1 aromatic heterocycles. The van der Waals surface area contributed by atoms with E-state index in [2.05, 4.69) is 39.5 Å². The minimum Gasteiger partial charge on any atom is -0.497 e. The smallest absolute Gasteiger partial charge is 0.257 e. The second-order valence-electron chi connectivity index (χ2n) is 9.04. The molecule has 1 saturated heterocycles. The van der Waals surface area contributed by atoms with Gasteiger partial charge in [-0.05, 0) is 42.7 Å². The maximum atomic E-state index is 13.3. The Bertz CT molecular complexity index is 1230. The lowest BCUT2D eigenvalue weighted by Gasteiger charge is -2.35. The number of carbonyl (C=O) groups excluding carboxylic acids is 2. The van der Waals surface area contributed by atoms with E-state index in [0.717, 1.165) is 56.1 Å². The molecular weight excluding hydrogens is 472 g/mol. The van der Waals surface area contributed by atoms with Crippen LogP contribution in [0.15, 0.2) is 60.7 Å². The highest BCUT2D eigenvalue weighted by molar-refractivity contribution is 7.16. The first kappa shape index (κ1) is 24.2. The van der Waals surface area contributed by atoms with E-state index in [1.54, 1.807) is 31.4 Å². The summed E-state index contributed by atoms with van der Waals surface area (Å²) in [6.07, 6.45) is 5.95. The number of aromatic nitrogens is 1. The highest BCUT2D eigenvalue weighted by Gasteiger charge is 2.36. The number of aryl methyl sites for hydroxylation is 1. The lowest BCUT2D eigenvalue weighted by atomic mass is 10.1. The van der Waals surface area contributed by atoms with Crippen molar-refractivity contribution >= 4 is 34.4 Å². The molecule has 36 heavy (non-hydrogen) atoms. The molecule has 8 heteroatoms. The van der Waals surface area contributed by atoms with Gasteiger partial charge in [0.1, 0.15) is 5.75 Å². The molecule has 1 atom stereocenters. The fourth-order valence-electron chi connectivity index (χ4n) is 4.71. The van der Waals surface area contributed by atoms with Gasteiger partial charge in [-0.25, -0.2) is 4.98 Å². The second-order valence-corrected chi connectivity index (χ2v) is 10.1. The number of methoxy groups -OCH3 is 1. The molecule has 5 rings (SSSR count). The summed E-state index contributed by atoms with van der Waals surface area (Å²) in [5, 5.41) is 3.44. The van der Waals surface area contributed by atoms with Gasteiger partial charge < -0.3 is 9.64 Å². The number of nitrogens with zero attached hydrogens (tertiary/aromatic N) is 3. The number of amides is 2. The molecule has 7 nitrogen and oxygen atoms in total. The van der Waals surface area contributed by atoms with Gasteiger partial charge in [-0.2, -0.15) is 0 Å². The van der Waals surface area contributed by atoms with E-state index >= 15 is 0 Å². The van der Waals surface area contributed by atoms with Crippen molar-refractivity contribution < 1.29 is 14.3 Å². The van der Waals surface area contributed by atoms with Crippen LogP contribution in [0.1, 0.15) is 38.8 Å². The number of ether oxygens (including phenoxy) is 1. The maximum Gasteiger partial charge on any atom is 0.257 e. The number of anilines is 1. The molecule has 1 N–H and O–H groups in total. The van der Waals surface area contributed by atoms with E-state index in [9.17, 15) is 9.59 Å². The van der Waals surface area contributed by atoms with Crippen LogP contribution in [0.5, 0.6) is 5.75 Å². The third-order valence-corrected chi connectivity index (χ3v) is 7.79. The first-order chi connectivity index (χ1) is 17.6. The number of benzene rings is 2. The SMILES string of the molecule is COc1ccc(C(=O)Nc2nc3c(s2)CCC3C(=O)N2CCN(C/C=C/c3ccccc3)CC2)cc1. The molecule has 0 saturated carbocycles. The summed E-state index contributed by atoms with van der Waals surface area (Å²) in [5.74, 6) is 0.426. The normalized spacial score (nSPS) is 17.8. The lowest BCUT2D eigenvalue weighted by molar-refractivity contribution is -0.134. The molecule has 1 unspecified atom stereocenters. The third-order valence-electron chi connectivity index (χ3n) is 6.75. The topological polar surface area (TPSA) is 74.8 Å². The van der Waals surface area contributed by atoms with Crippen LogP contribution < -0.4 is 10.1 Å². The fraction of sp³-hybridized carbons (Fsp3) is 0.321. The first-order valence-corrected chi connectivity index (χ1v) is 13.1. The number of rotatable bonds is 7. The highest BCUT2D eigenvalue weighted by Crippen LogP contribution is 2.39. The van der Waals surface area contributed by atoms with E-state index in [0.29, 0.717) is 16.4 Å². The van der Waals surface area contributed by atoms with Crippen LogP contribution in [-0.4, -0.2) is 66.4 Å². The number of hydrogen-bond donors (Lipinski definition) is 1. The van der Waals surface area contributed by atoms with Gasteiger partial charge in [0, 0.05) is 43.2 Å². The highest BCUT2D eigenvalue weighted by atomic mass is 32.1. The minimum atomic E-state index is -0.217. The quantitative estimate of drug-likeness (QED) is 0.522. The molecule has 3 aromatic rings. The Labute approximate surface area is 215 Å². The van der Waals surface area contributed by atoms with Gasteiger partial charge in [0.25, 0.3) is 5.91 Å². The van der Waals surface area contributed by atoms with Crippen molar-refractivity contribution in [2.45, 2.75) is 18.8 Å². The Morgan fingerprint density at radius 3 is 2.56 bits per heavy atom. The molecule has 1 aliphatic heterocycles. The molecule has 1 aliphatic carbocycles. The Hall–Kier alpha value is -3.49. The van der Waals surface area contributed by atoms with Gasteiger partial charge in [-0.1, -0.05) is 42.5 Å². The van der Waals surface area contributed by atoms with Crippen LogP contribution >= 0.6 is 11.3 Å². The molecule has 2 aliphatic rings. The first-order valence-electron chi connectivity index (χ1n) is 12.3. The van der Waals surface area contributed by atoms with E-state index in [-0.39, 0.29) is 17.7 Å². The molecule has 2 amide bonds. The van der Waals surface area contributed by atoms with Crippen molar-refractivity contribution in [2.24, 2.45) is 0 Å². The lowest BCUT2D eigenvalue weighted by Crippen LogP contribution is -2.49. The molecule has 0 spiro atoms. The number of hydrogen-bond acceptors (Lipinski definition) is 6. The standard InChI is InChI=1S/C28H30N4O3S/c1-35-22-11-9-21(10-12-22)26(33)30-28-29-25-23(13-14-24(25)36-28)27(34)32-18-16-31(17-19-32)15-5-8-20-6-3-2-4-7-20/h2-12,23H,13-19H2,1H3,(H,29,30,33)/b8-5+. The Kier molecular flexibility index (Phi) is 7.44. The van der Waals surface area contributed by atoms with Crippen LogP contribution in [-0.2, 0) is 11.2 Å². The predicted molar refractivity (Wildman–Crippen MR) is 143 cm³/mol. The van der Waals surface area contributed by atoms with E-state index in [4.69, 9.17) is 4.74 Å². The van der Waals surface area contributed by atoms with Crippen molar-refractivity contribution in [3.63, 3.8) is 0 Å². The average Bonchev–Trinajstić information content (AvgIpc) is 3.49. The Morgan fingerprint density at radius 1 is 1.08 bits per heavy atom. The number of nitrogens with one attached hydrogen (secondary N) is 1. The van der Waals surface area contributed by atoms with Crippen molar-refractivity contribution in [3.05, 3.63) is 82.4 Å². The number of fused-ring (bicyclic) bond motifs is 1. The maximum absolute atomic E-state index is 13.3. The monoisotopic (exact) mass is 502 g/mol. The number of thiazole rings is 1. The summed E-state index contributed by atoms with van der Waals surface area (Å²) in [6.45, 7) is 4.08. The molecular formula is C28H30N4O3S. The zero-order valence-corrected chi connectivity index (χ0v) is 21.2. The largest absolute Gasteiger partial charge is 0.497 e. The van der Waals surface area contributed by atoms with Crippen LogP contribution in [0.4, 0.5) is 5.13 Å². The van der Waals surface area contributed by atoms with Gasteiger partial charge in [-0.15, -0.1) is 11.3 Å². The molecule has 0 radical (unpaired) electrons. The van der Waals surface area contributed by atoms with Crippen LogP contribution in [0, 0.1) is 0 Å². The fourth-order valence-corrected chi connectivity index (χ4v) is 5.74. The summed E-state index contributed by atoms with van der Waals surface area (Å²) in [5.41, 5.74) is 2.57. The Morgan fingerprint density at radius 2 is 1.83 bits per heavy atom. The van der Waals surface area contributed by atoms with E-state index in [1.165, 1.54) is 16.9 Å². The van der Waals surface area contributed by atoms with Crippen molar-refractivity contribution in [1.82, 2.24) is 14.8 Å². The van der Waals surface area contributed by atoms with Gasteiger partial charge in [0.2, 0.25) is 5.91 Å². The molecule has 186 valence electrons. The van der Waals surface area contributed by atoms with Crippen LogP contribution in [0.2, 0.25) is 0 Å². The second kappa shape index (κ2) is 11.1. The zero-order valence-electron chi connectivity index (χ0n) is 20.4. The van der Waals surface area contributed by atoms with Crippen LogP contribution in [0.3, 0.4) is 0 Å². The summed E-state index contributed by atoms with van der Waals surface area (Å²) in [6, 6.07) is 17.2. The van der Waals surface area contributed by atoms with Gasteiger partial charge in [-0.3, -0.25) is 19.8 Å². The van der Waals surface area contributed by atoms with Gasteiger partial charge in [0.05, 0.1) is 18.7 Å². The van der Waals surface area contributed by atoms with Gasteiger partial charge >= 0.3 is 0 Å². The number of carbonyl (C=O) groups is 2. The van der Waals surface area contributed by atoms with Crippen molar-refractivity contribution in [1.29, 1.82) is 0 Å². The molecule has 0 bridgehead atoms. The van der Waals surface area contributed by atoms with E-state index < -0.39 is 0 Å². The number of piperazine rings is 1. The zero-order chi connectivity index (χ0) is 24.9. The molecule has 2 aromatic carbocycles. The average molecular weight is 503 g/mol.